The van der Waals surface area contributed by atoms with Crippen molar-refractivity contribution in [1.82, 2.24) is 9.88 Å². The van der Waals surface area contributed by atoms with Gasteiger partial charge in [-0.15, -0.1) is 11.3 Å². The first-order valence-corrected chi connectivity index (χ1v) is 12.0. The van der Waals surface area contributed by atoms with Gasteiger partial charge in [0.15, 0.2) is 5.13 Å². The fraction of sp³-hybridized carbons (Fsp3) is 0.583. The zero-order chi connectivity index (χ0) is 22.2. The minimum atomic E-state index is -0.478. The standard InChI is InChI=1S/C24H32FN3O2S/c1-24(2,3)30-23(29)28(4)18-12-10-17(11-13-18)26-22-27-21-19-14-16(25)9-8-15(19)6-5-7-20(21)31-22/h8-9,14,17-18H,5-7,10-13H2,1-4H3,(H,26,27)/t17-,18-. The summed E-state index contributed by atoms with van der Waals surface area (Å²) in [5.41, 5.74) is 2.59. The van der Waals surface area contributed by atoms with Gasteiger partial charge >= 0.3 is 6.09 Å². The predicted molar refractivity (Wildman–Crippen MR) is 123 cm³/mol. The van der Waals surface area contributed by atoms with Crippen LogP contribution in [0.3, 0.4) is 0 Å². The summed E-state index contributed by atoms with van der Waals surface area (Å²) in [6.07, 6.45) is 6.60. The number of nitrogens with zero attached hydrogens (tertiary/aromatic N) is 2. The largest absolute Gasteiger partial charge is 0.444 e. The molecule has 1 aromatic carbocycles. The van der Waals surface area contributed by atoms with Gasteiger partial charge in [-0.3, -0.25) is 0 Å². The summed E-state index contributed by atoms with van der Waals surface area (Å²) >= 11 is 1.70. The molecule has 1 heterocycles. The number of thiazole rings is 1. The molecule has 0 bridgehead atoms. The van der Waals surface area contributed by atoms with Gasteiger partial charge in [0.05, 0.1) is 5.69 Å². The smallest absolute Gasteiger partial charge is 0.410 e. The molecule has 1 fully saturated rings. The molecule has 5 nitrogen and oxygen atoms in total. The van der Waals surface area contributed by atoms with Gasteiger partial charge < -0.3 is 15.0 Å². The van der Waals surface area contributed by atoms with Gasteiger partial charge in [-0.25, -0.2) is 14.2 Å². The number of carbonyl (C=O) groups is 1. The fourth-order valence-electron chi connectivity index (χ4n) is 4.48. The molecule has 0 atom stereocenters. The van der Waals surface area contributed by atoms with Gasteiger partial charge in [-0.1, -0.05) is 6.07 Å². The highest BCUT2D eigenvalue weighted by Crippen LogP contribution is 2.38. The van der Waals surface area contributed by atoms with Crippen molar-refractivity contribution in [2.75, 3.05) is 12.4 Å². The maximum absolute atomic E-state index is 13.9. The molecule has 0 saturated heterocycles. The molecule has 0 spiro atoms. The van der Waals surface area contributed by atoms with Crippen LogP contribution in [0, 0.1) is 5.82 Å². The SMILES string of the molecule is CN(C(=O)OC(C)(C)C)[C@H]1CC[C@H](Nc2nc3c(s2)CCCc2ccc(F)cc2-3)CC1. The molecule has 4 rings (SSSR count). The van der Waals surface area contributed by atoms with Gasteiger partial charge in [0.2, 0.25) is 0 Å². The fourth-order valence-corrected chi connectivity index (χ4v) is 5.58. The van der Waals surface area contributed by atoms with E-state index in [2.05, 4.69) is 5.32 Å². The summed E-state index contributed by atoms with van der Waals surface area (Å²) in [4.78, 5) is 20.2. The summed E-state index contributed by atoms with van der Waals surface area (Å²) in [6, 6.07) is 5.61. The Bertz CT molecular complexity index is 945. The monoisotopic (exact) mass is 445 g/mol. The molecule has 31 heavy (non-hydrogen) atoms. The first-order valence-electron chi connectivity index (χ1n) is 11.2. The lowest BCUT2D eigenvalue weighted by Gasteiger charge is -2.35. The van der Waals surface area contributed by atoms with Crippen LogP contribution in [0.1, 0.15) is 63.3 Å². The lowest BCUT2D eigenvalue weighted by atomic mass is 9.90. The number of hydrogen-bond donors (Lipinski definition) is 1. The normalized spacial score (nSPS) is 20.9. The number of amides is 1. The average Bonchev–Trinajstić information content (AvgIpc) is 3.02. The highest BCUT2D eigenvalue weighted by molar-refractivity contribution is 7.16. The van der Waals surface area contributed by atoms with Crippen molar-refractivity contribution in [3.8, 4) is 11.3 Å². The third-order valence-corrected chi connectivity index (χ3v) is 7.17. The molecule has 1 saturated carbocycles. The average molecular weight is 446 g/mol. The zero-order valence-electron chi connectivity index (χ0n) is 18.8. The minimum absolute atomic E-state index is 0.204. The summed E-state index contributed by atoms with van der Waals surface area (Å²) in [5.74, 6) is -0.207. The molecule has 0 aliphatic heterocycles. The number of aromatic nitrogens is 1. The maximum Gasteiger partial charge on any atom is 0.410 e. The Kier molecular flexibility index (Phi) is 6.24. The van der Waals surface area contributed by atoms with E-state index in [4.69, 9.17) is 9.72 Å². The van der Waals surface area contributed by atoms with Crippen LogP contribution in [0.5, 0.6) is 0 Å². The number of nitrogens with one attached hydrogen (secondary N) is 1. The van der Waals surface area contributed by atoms with Gasteiger partial charge in [-0.05, 0) is 83.4 Å². The molecule has 2 aliphatic carbocycles. The van der Waals surface area contributed by atoms with Crippen LogP contribution in [0.2, 0.25) is 0 Å². The molecular formula is C24H32FN3O2S. The second-order valence-corrected chi connectivity index (χ2v) is 10.8. The first-order chi connectivity index (χ1) is 14.7. The number of carbonyl (C=O) groups excluding carboxylic acids is 1. The van der Waals surface area contributed by atoms with Gasteiger partial charge in [0.25, 0.3) is 0 Å². The second kappa shape index (κ2) is 8.77. The van der Waals surface area contributed by atoms with Crippen LogP contribution in [0.15, 0.2) is 18.2 Å². The predicted octanol–water partition coefficient (Wildman–Crippen LogP) is 6.03. The molecule has 1 amide bonds. The molecule has 2 aromatic rings. The second-order valence-electron chi connectivity index (χ2n) is 9.69. The summed E-state index contributed by atoms with van der Waals surface area (Å²) < 4.78 is 19.4. The third-order valence-electron chi connectivity index (χ3n) is 6.13. The van der Waals surface area contributed by atoms with Crippen molar-refractivity contribution in [2.24, 2.45) is 0 Å². The van der Waals surface area contributed by atoms with Crippen molar-refractivity contribution in [3.05, 3.63) is 34.5 Å². The lowest BCUT2D eigenvalue weighted by Crippen LogP contribution is -2.43. The van der Waals surface area contributed by atoms with Crippen LogP contribution in [-0.4, -0.2) is 40.7 Å². The van der Waals surface area contributed by atoms with E-state index in [1.165, 1.54) is 10.4 Å². The molecule has 0 radical (unpaired) electrons. The van der Waals surface area contributed by atoms with E-state index in [1.54, 1.807) is 28.4 Å². The number of hydrogen-bond acceptors (Lipinski definition) is 5. The topological polar surface area (TPSA) is 54.5 Å². The highest BCUT2D eigenvalue weighted by atomic mass is 32.1. The Hall–Kier alpha value is -2.15. The van der Waals surface area contributed by atoms with E-state index < -0.39 is 5.60 Å². The van der Waals surface area contributed by atoms with Gasteiger partial charge in [0, 0.05) is 29.6 Å². The van der Waals surface area contributed by atoms with E-state index in [0.29, 0.717) is 6.04 Å². The first kappa shape index (κ1) is 22.1. The molecular weight excluding hydrogens is 413 g/mol. The van der Waals surface area contributed by atoms with Crippen molar-refractivity contribution in [2.45, 2.75) is 83.4 Å². The zero-order valence-corrected chi connectivity index (χ0v) is 19.7. The quantitative estimate of drug-likeness (QED) is 0.627. The minimum Gasteiger partial charge on any atom is -0.444 e. The summed E-state index contributed by atoms with van der Waals surface area (Å²) in [7, 11) is 1.83. The lowest BCUT2D eigenvalue weighted by molar-refractivity contribution is 0.0185. The molecule has 0 unspecified atom stereocenters. The van der Waals surface area contributed by atoms with E-state index >= 15 is 0 Å². The molecule has 2 aliphatic rings. The number of benzene rings is 1. The molecule has 1 aromatic heterocycles. The molecule has 1 N–H and O–H groups in total. The van der Waals surface area contributed by atoms with Crippen molar-refractivity contribution < 1.29 is 13.9 Å². The van der Waals surface area contributed by atoms with E-state index in [1.807, 2.05) is 33.9 Å². The number of aryl methyl sites for hydroxylation is 2. The van der Waals surface area contributed by atoms with Gasteiger partial charge in [0.1, 0.15) is 11.4 Å². The van der Waals surface area contributed by atoms with Crippen molar-refractivity contribution in [3.63, 3.8) is 0 Å². The Morgan fingerprint density at radius 3 is 2.68 bits per heavy atom. The number of fused-ring (bicyclic) bond motifs is 3. The summed E-state index contributed by atoms with van der Waals surface area (Å²) in [5, 5.41) is 4.53. The van der Waals surface area contributed by atoms with E-state index in [9.17, 15) is 9.18 Å². The van der Waals surface area contributed by atoms with Crippen LogP contribution in [-0.2, 0) is 17.6 Å². The number of rotatable bonds is 3. The van der Waals surface area contributed by atoms with Crippen LogP contribution >= 0.6 is 11.3 Å². The number of ether oxygens (including phenoxy) is 1. The van der Waals surface area contributed by atoms with Crippen molar-refractivity contribution in [1.29, 1.82) is 0 Å². The number of anilines is 1. The van der Waals surface area contributed by atoms with Gasteiger partial charge in [-0.2, -0.15) is 0 Å². The molecule has 168 valence electrons. The Labute approximate surface area is 188 Å². The number of halogens is 1. The Morgan fingerprint density at radius 1 is 1.23 bits per heavy atom. The van der Waals surface area contributed by atoms with E-state index in [0.717, 1.165) is 61.3 Å². The van der Waals surface area contributed by atoms with Crippen molar-refractivity contribution >= 4 is 22.6 Å². The third kappa shape index (κ3) is 5.20. The summed E-state index contributed by atoms with van der Waals surface area (Å²) in [6.45, 7) is 5.67. The van der Waals surface area contributed by atoms with E-state index in [-0.39, 0.29) is 18.0 Å². The Morgan fingerprint density at radius 2 is 1.97 bits per heavy atom. The van der Waals surface area contributed by atoms with Crippen LogP contribution in [0.25, 0.3) is 11.3 Å². The Balaban J connectivity index is 1.38. The molecule has 7 heteroatoms. The van der Waals surface area contributed by atoms with Crippen LogP contribution in [0.4, 0.5) is 14.3 Å². The van der Waals surface area contributed by atoms with Crippen LogP contribution < -0.4 is 5.32 Å². The highest BCUT2D eigenvalue weighted by Gasteiger charge is 2.30. The maximum atomic E-state index is 13.9.